The van der Waals surface area contributed by atoms with E-state index in [9.17, 15) is 14.4 Å². The van der Waals surface area contributed by atoms with Gasteiger partial charge in [0.25, 0.3) is 5.91 Å². The first kappa shape index (κ1) is 22.1. The van der Waals surface area contributed by atoms with E-state index in [4.69, 9.17) is 5.26 Å². The number of aryl methyl sites for hydroxylation is 1. The van der Waals surface area contributed by atoms with Crippen LogP contribution in [0.1, 0.15) is 49.4 Å². The first-order valence-electron chi connectivity index (χ1n) is 11.7. The molecule has 2 fully saturated rings. The van der Waals surface area contributed by atoms with E-state index < -0.39 is 11.6 Å². The van der Waals surface area contributed by atoms with Crippen LogP contribution in [-0.2, 0) is 34.6 Å². The zero-order valence-corrected chi connectivity index (χ0v) is 19.1. The highest BCUT2D eigenvalue weighted by molar-refractivity contribution is 6.09. The molecule has 2 aromatic rings. The average molecular weight is 462 g/mol. The van der Waals surface area contributed by atoms with Gasteiger partial charge in [0, 0.05) is 6.04 Å². The van der Waals surface area contributed by atoms with Gasteiger partial charge in [0.1, 0.15) is 24.3 Å². The van der Waals surface area contributed by atoms with Crippen molar-refractivity contribution in [2.45, 2.75) is 63.7 Å². The van der Waals surface area contributed by atoms with Gasteiger partial charge in [-0.25, -0.2) is 9.48 Å². The van der Waals surface area contributed by atoms with Gasteiger partial charge in [-0.05, 0) is 49.7 Å². The molecule has 2 atom stereocenters. The number of urea groups is 1. The molecule has 1 unspecified atom stereocenters. The van der Waals surface area contributed by atoms with Crippen molar-refractivity contribution in [3.63, 3.8) is 0 Å². The maximum Gasteiger partial charge on any atom is 0.325 e. The highest BCUT2D eigenvalue weighted by atomic mass is 16.2. The van der Waals surface area contributed by atoms with E-state index in [2.05, 4.69) is 15.6 Å². The lowest BCUT2D eigenvalue weighted by Gasteiger charge is -2.39. The van der Waals surface area contributed by atoms with Crippen LogP contribution in [0, 0.1) is 17.2 Å². The zero-order valence-electron chi connectivity index (χ0n) is 19.1. The Hall–Kier alpha value is -3.74. The smallest absolute Gasteiger partial charge is 0.325 e. The fourth-order valence-electron chi connectivity index (χ4n) is 5.33. The molecule has 3 aliphatic rings. The van der Waals surface area contributed by atoms with Crippen molar-refractivity contribution in [3.8, 4) is 6.07 Å². The average Bonchev–Trinajstić information content (AvgIpc) is 3.45. The second-order valence-corrected chi connectivity index (χ2v) is 9.40. The summed E-state index contributed by atoms with van der Waals surface area (Å²) < 4.78 is 1.42. The Morgan fingerprint density at radius 3 is 2.88 bits per heavy atom. The van der Waals surface area contributed by atoms with Crippen molar-refractivity contribution in [1.82, 2.24) is 30.1 Å². The molecule has 1 saturated heterocycles. The molecule has 10 heteroatoms. The normalized spacial score (nSPS) is 22.3. The van der Waals surface area contributed by atoms with Gasteiger partial charge in [-0.15, -0.1) is 5.10 Å². The Labute approximate surface area is 197 Å². The van der Waals surface area contributed by atoms with Crippen molar-refractivity contribution >= 4 is 17.8 Å². The van der Waals surface area contributed by atoms with E-state index in [-0.39, 0.29) is 37.5 Å². The molecule has 4 amide bonds. The summed E-state index contributed by atoms with van der Waals surface area (Å²) in [5.74, 6) is -0.303. The lowest BCUT2D eigenvalue weighted by molar-refractivity contribution is -0.142. The van der Waals surface area contributed by atoms with Gasteiger partial charge in [0.05, 0.1) is 18.8 Å². The number of hydrogen-bond acceptors (Lipinski definition) is 6. The van der Waals surface area contributed by atoms with Crippen molar-refractivity contribution < 1.29 is 14.4 Å². The molecule has 1 aromatic carbocycles. The molecule has 2 aliphatic carbocycles. The maximum atomic E-state index is 13.5. The quantitative estimate of drug-likeness (QED) is 0.626. The number of amides is 4. The highest BCUT2D eigenvalue weighted by Gasteiger charge is 2.55. The molecule has 34 heavy (non-hydrogen) atoms. The summed E-state index contributed by atoms with van der Waals surface area (Å²) in [6.07, 6.45) is 6.04. The SMILES string of the molecule is C[C@@H](C1CCC1)N(Cc1cn(CC#N)nn1)C(=O)CN1C(=O)NC2(CCc3ccccc32)C1=O. The number of nitriles is 1. The Morgan fingerprint density at radius 2 is 2.15 bits per heavy atom. The van der Waals surface area contributed by atoms with Gasteiger partial charge in [-0.3, -0.25) is 14.5 Å². The number of aromatic nitrogens is 3. The first-order chi connectivity index (χ1) is 16.4. The third-order valence-electron chi connectivity index (χ3n) is 7.51. The third-order valence-corrected chi connectivity index (χ3v) is 7.51. The molecule has 176 valence electrons. The lowest BCUT2D eigenvalue weighted by Crippen LogP contribution is -2.49. The molecule has 1 N–H and O–H groups in total. The van der Waals surface area contributed by atoms with Crippen LogP contribution in [0.5, 0.6) is 0 Å². The summed E-state index contributed by atoms with van der Waals surface area (Å²) in [7, 11) is 0. The summed E-state index contributed by atoms with van der Waals surface area (Å²) in [5, 5.41) is 19.8. The van der Waals surface area contributed by atoms with Crippen molar-refractivity contribution in [2.24, 2.45) is 5.92 Å². The minimum Gasteiger partial charge on any atom is -0.332 e. The van der Waals surface area contributed by atoms with E-state index >= 15 is 0 Å². The van der Waals surface area contributed by atoms with Crippen LogP contribution in [0.25, 0.3) is 0 Å². The molecule has 1 spiro atoms. The third kappa shape index (κ3) is 3.61. The number of imide groups is 1. The zero-order chi connectivity index (χ0) is 23.9. The van der Waals surface area contributed by atoms with Gasteiger partial charge < -0.3 is 10.2 Å². The second-order valence-electron chi connectivity index (χ2n) is 9.40. The predicted octanol–water partition coefficient (Wildman–Crippen LogP) is 1.71. The number of nitrogens with zero attached hydrogens (tertiary/aromatic N) is 6. The summed E-state index contributed by atoms with van der Waals surface area (Å²) in [5.41, 5.74) is 1.34. The molecule has 0 bridgehead atoms. The number of benzene rings is 1. The molecule has 1 saturated carbocycles. The molecular formula is C24H27N7O3. The lowest BCUT2D eigenvalue weighted by atomic mass is 9.79. The molecule has 5 rings (SSSR count). The summed E-state index contributed by atoms with van der Waals surface area (Å²) in [6, 6.07) is 9.04. The number of rotatable bonds is 7. The minimum atomic E-state index is -1.08. The Morgan fingerprint density at radius 1 is 1.35 bits per heavy atom. The fraction of sp³-hybridized carbons (Fsp3) is 0.500. The summed E-state index contributed by atoms with van der Waals surface area (Å²) >= 11 is 0. The van der Waals surface area contributed by atoms with Crippen molar-refractivity contribution in [2.75, 3.05) is 6.54 Å². The van der Waals surface area contributed by atoms with Gasteiger partial charge >= 0.3 is 6.03 Å². The number of fused-ring (bicyclic) bond motifs is 2. The molecular weight excluding hydrogens is 434 g/mol. The number of carbonyl (C=O) groups is 3. The fourth-order valence-corrected chi connectivity index (χ4v) is 5.33. The highest BCUT2D eigenvalue weighted by Crippen LogP contribution is 2.41. The van der Waals surface area contributed by atoms with Crippen LogP contribution >= 0.6 is 0 Å². The van der Waals surface area contributed by atoms with E-state index in [1.807, 2.05) is 37.3 Å². The Kier molecular flexibility index (Phi) is 5.55. The minimum absolute atomic E-state index is 0.0655. The van der Waals surface area contributed by atoms with Crippen molar-refractivity contribution in [3.05, 3.63) is 47.3 Å². The number of nitrogens with one attached hydrogen (secondary N) is 1. The first-order valence-corrected chi connectivity index (χ1v) is 11.7. The molecule has 1 aliphatic heterocycles. The largest absolute Gasteiger partial charge is 0.332 e. The van der Waals surface area contributed by atoms with Gasteiger partial charge in [0.15, 0.2) is 0 Å². The van der Waals surface area contributed by atoms with E-state index in [0.717, 1.165) is 35.3 Å². The molecule has 2 heterocycles. The maximum absolute atomic E-state index is 13.5. The van der Waals surface area contributed by atoms with E-state index in [0.29, 0.717) is 24.5 Å². The summed E-state index contributed by atoms with van der Waals surface area (Å²) in [6.45, 7) is 1.96. The van der Waals surface area contributed by atoms with Crippen LogP contribution in [-0.4, -0.2) is 55.2 Å². The monoisotopic (exact) mass is 461 g/mol. The predicted molar refractivity (Wildman–Crippen MR) is 120 cm³/mol. The Balaban J connectivity index is 1.36. The van der Waals surface area contributed by atoms with Crippen LogP contribution in [0.2, 0.25) is 0 Å². The van der Waals surface area contributed by atoms with Gasteiger partial charge in [0.2, 0.25) is 5.91 Å². The van der Waals surface area contributed by atoms with E-state index in [1.54, 1.807) is 11.1 Å². The summed E-state index contributed by atoms with van der Waals surface area (Å²) in [4.78, 5) is 42.6. The van der Waals surface area contributed by atoms with Crippen LogP contribution < -0.4 is 5.32 Å². The van der Waals surface area contributed by atoms with Crippen molar-refractivity contribution in [1.29, 1.82) is 5.26 Å². The molecule has 0 radical (unpaired) electrons. The Bertz CT molecular complexity index is 1180. The van der Waals surface area contributed by atoms with Crippen LogP contribution in [0.4, 0.5) is 4.79 Å². The van der Waals surface area contributed by atoms with Gasteiger partial charge in [-0.1, -0.05) is 35.9 Å². The molecule has 10 nitrogen and oxygen atoms in total. The van der Waals surface area contributed by atoms with E-state index in [1.165, 1.54) is 4.68 Å². The van der Waals surface area contributed by atoms with Crippen LogP contribution in [0.15, 0.2) is 30.5 Å². The number of carbonyl (C=O) groups excluding carboxylic acids is 3. The van der Waals surface area contributed by atoms with Gasteiger partial charge in [-0.2, -0.15) is 5.26 Å². The van der Waals surface area contributed by atoms with Crippen LogP contribution in [0.3, 0.4) is 0 Å². The standard InChI is InChI=1S/C24H27N7O3/c1-16(17-6-4-7-17)30(14-19-13-29(12-11-25)28-27-19)21(32)15-31-22(33)24(26-23(31)34)10-9-18-5-2-3-8-20(18)24/h2-3,5,8,13,16-17H,4,6-7,9-10,12,14-15H2,1H3,(H,26,34)/t16-,24?/m0/s1. The molecule has 1 aromatic heterocycles. The topological polar surface area (TPSA) is 124 Å². The second kappa shape index (κ2) is 8.56. The number of hydrogen-bond donors (Lipinski definition) is 1.